The predicted molar refractivity (Wildman–Crippen MR) is 224 cm³/mol. The van der Waals surface area contributed by atoms with E-state index in [9.17, 15) is 0 Å². The molecule has 0 aliphatic heterocycles. The van der Waals surface area contributed by atoms with E-state index in [2.05, 4.69) is 0 Å². The molecular weight excluding hydrogens is 1320 g/mol. The van der Waals surface area contributed by atoms with Gasteiger partial charge in [0.1, 0.15) is 0 Å². The summed E-state index contributed by atoms with van der Waals surface area (Å²) in [4.78, 5) is 133. The summed E-state index contributed by atoms with van der Waals surface area (Å²) in [5.41, 5.74) is 44.4. The minimum absolute atomic E-state index is 0. The van der Waals surface area contributed by atoms with Gasteiger partial charge in [0.15, 0.2) is 0 Å². The first-order valence-electron chi connectivity index (χ1n) is 18.1. The Bertz CT molecular complexity index is 997. The van der Waals surface area contributed by atoms with Crippen LogP contribution in [-0.4, -0.2) is 128 Å². The molecule has 0 saturated carbocycles. The van der Waals surface area contributed by atoms with Gasteiger partial charge in [-0.2, -0.15) is 0 Å². The number of hydrogen-bond donors (Lipinski definition) is 9. The molecule has 0 aliphatic carbocycles. The summed E-state index contributed by atoms with van der Waals surface area (Å²) in [5, 5.41) is 133. The predicted octanol–water partition coefficient (Wildman–Crippen LogP) is -24.1. The monoisotopic (exact) mass is 1390 g/mol. The van der Waals surface area contributed by atoms with E-state index in [1.54, 1.807) is 0 Å². The number of aliphatic carboxylic acids is 15. The summed E-state index contributed by atoms with van der Waals surface area (Å²) in [6.45, 7) is 15.7. The Morgan fingerprint density at radius 1 is 0.200 bits per heavy atom. The Labute approximate surface area is 514 Å². The average molecular weight is 1390 g/mol. The molecule has 0 unspecified atom stereocenters. The molecule has 0 heterocycles. The van der Waals surface area contributed by atoms with Gasteiger partial charge in [0.2, 0.25) is 0 Å². The topological polar surface area (TPSA) is 836 Å². The van der Waals surface area contributed by atoms with Gasteiger partial charge < -0.3 is 200 Å². The van der Waals surface area contributed by atoms with Gasteiger partial charge in [0.25, 0.3) is 0 Å². The van der Waals surface area contributed by atoms with Crippen molar-refractivity contribution in [2.45, 2.75) is 122 Å². The molecule has 0 fully saturated rings. The third kappa shape index (κ3) is 4450000. The van der Waals surface area contributed by atoms with Crippen LogP contribution >= 0.6 is 0 Å². The number of nitrogens with two attached hydrogens (primary N) is 9. The molecule has 0 rings (SSSR count). The minimum Gasteiger partial charge on any atom is -0.550 e. The molecule has 5 radical (unpaired) electrons. The summed E-state index contributed by atoms with van der Waals surface area (Å²) < 4.78 is 0. The maximum Gasteiger partial charge on any atom is 3.00 e. The van der Waals surface area contributed by atoms with Gasteiger partial charge in [-0.1, -0.05) is 0 Å². The first-order valence-corrected chi connectivity index (χ1v) is 18.1. The van der Waals surface area contributed by atoms with E-state index in [1.165, 1.54) is 0 Å². The summed E-state index contributed by atoms with van der Waals surface area (Å²) in [6, 6.07) is 0. The fourth-order valence-electron chi connectivity index (χ4n) is 0. The first-order chi connectivity index (χ1) is 32.8. The van der Waals surface area contributed by atoms with Crippen molar-refractivity contribution >= 4 is 89.5 Å². The van der Waals surface area contributed by atoms with Crippen LogP contribution in [0.5, 0.6) is 0 Å². The zero-order valence-corrected chi connectivity index (χ0v) is 51.1. The van der Waals surface area contributed by atoms with Gasteiger partial charge in [0.05, 0.1) is 18.5 Å². The molecule has 481 valence electrons. The maximum atomic E-state index is 8.89. The number of carboxylic acid groups (broad SMARTS) is 15. The summed E-state index contributed by atoms with van der Waals surface area (Å²) in [5.74, 6) is -16.3. The molecule has 39 nitrogen and oxygen atoms in total. The molecule has 0 aliphatic rings. The van der Waals surface area contributed by atoms with Crippen LogP contribution in [0.1, 0.15) is 104 Å². The second-order valence-electron chi connectivity index (χ2n) is 10.1. The van der Waals surface area contributed by atoms with Gasteiger partial charge in [-0.15, -0.1) is 0 Å². The van der Waals surface area contributed by atoms with Crippen LogP contribution in [0.2, 0.25) is 0 Å². The van der Waals surface area contributed by atoms with Crippen LogP contribution in [0, 0.1) is 0 Å². The quantitative estimate of drug-likeness (QED) is 0.0936. The summed E-state index contributed by atoms with van der Waals surface area (Å²) in [7, 11) is 0. The van der Waals surface area contributed by atoms with Crippen LogP contribution in [0.25, 0.3) is 0 Å². The zero-order valence-electron chi connectivity index (χ0n) is 45.6. The third-order valence-corrected chi connectivity index (χ3v) is 0.816. The SMILES string of the molecule is CC(=O)[O-].CC(=O)[O-].CC(=O)[O-].CC(=O)[O-].CC(=O)[O-].CC(=O)[O-].CC(=O)[O-].CC(=O)[O-].CC(=O)[O-].CC(=O)[O-].CC(=O)[O-].CC(=O)[O-].CC(=O)[O-].CC(=O)[O-].CC(=O)[O-].NCC(N)N.NCC(N)N.NCC(N)N.[Fe+3].[Fe+3].[Fe+3].[Fe+3].[Fe+3]. The molecule has 0 spiro atoms. The molecule has 0 atom stereocenters. The Hall–Kier alpha value is -5.71. The van der Waals surface area contributed by atoms with Crippen molar-refractivity contribution in [1.29, 1.82) is 0 Å². The fourth-order valence-corrected chi connectivity index (χ4v) is 0. The molecule has 0 aromatic carbocycles. The molecule has 44 heteroatoms. The van der Waals surface area contributed by atoms with Crippen LogP contribution < -0.4 is 128 Å². The van der Waals surface area contributed by atoms with Crippen LogP contribution in [0.15, 0.2) is 0 Å². The van der Waals surface area contributed by atoms with Gasteiger partial charge in [0, 0.05) is 109 Å². The van der Waals surface area contributed by atoms with Crippen molar-refractivity contribution in [3.8, 4) is 0 Å². The van der Waals surface area contributed by atoms with Crippen molar-refractivity contribution in [3.05, 3.63) is 0 Å². The molecular formula is C36H72Fe5N9O30. The zero-order chi connectivity index (χ0) is 66.5. The third-order valence-electron chi connectivity index (χ3n) is 0.816. The molecule has 0 aromatic rings. The van der Waals surface area contributed by atoms with Gasteiger partial charge in [-0.05, 0) is 104 Å². The standard InChI is InChI=1S/3C2H9N3.15C2H4O2.5Fe/c3*3-1-2(4)5;15*1-2(3)4;;;;;/h3*2H,1,3-5H2;15*1H3,(H,3,4);;;;;/q;;;;;;;;;;;;;;;;;;5*+3/p-15. The number of carboxylic acids is 15. The van der Waals surface area contributed by atoms with Gasteiger partial charge in [-0.3, -0.25) is 0 Å². The van der Waals surface area contributed by atoms with E-state index < -0.39 is 89.5 Å². The second kappa shape index (κ2) is 146. The smallest absolute Gasteiger partial charge is 0.550 e. The molecule has 18 N–H and O–H groups in total. The normalized spacial score (nSPS) is 6.49. The van der Waals surface area contributed by atoms with E-state index >= 15 is 0 Å². The Balaban J connectivity index is -0.0000000204. The fraction of sp³-hybridized carbons (Fsp3) is 0.583. The van der Waals surface area contributed by atoms with Crippen LogP contribution in [0.4, 0.5) is 0 Å². The van der Waals surface area contributed by atoms with Crippen LogP contribution in [-0.2, 0) is 157 Å². The van der Waals surface area contributed by atoms with Crippen molar-refractivity contribution in [2.75, 3.05) is 19.6 Å². The number of rotatable bonds is 3. The van der Waals surface area contributed by atoms with E-state index in [0.717, 1.165) is 104 Å². The van der Waals surface area contributed by atoms with Crippen molar-refractivity contribution < 1.29 is 234 Å². The van der Waals surface area contributed by atoms with E-state index in [0.29, 0.717) is 19.6 Å². The summed E-state index contributed by atoms with van der Waals surface area (Å²) >= 11 is 0. The van der Waals surface area contributed by atoms with Crippen molar-refractivity contribution in [2.24, 2.45) is 51.6 Å². The molecule has 0 amide bonds. The van der Waals surface area contributed by atoms with Crippen molar-refractivity contribution in [3.63, 3.8) is 0 Å². The van der Waals surface area contributed by atoms with Gasteiger partial charge >= 0.3 is 85.3 Å². The second-order valence-corrected chi connectivity index (χ2v) is 10.1. The van der Waals surface area contributed by atoms with E-state index in [1.807, 2.05) is 0 Å². The minimum atomic E-state index is -1.08. The first kappa shape index (κ1) is 152. The van der Waals surface area contributed by atoms with Crippen molar-refractivity contribution in [1.82, 2.24) is 0 Å². The Morgan fingerprint density at radius 3 is 0.212 bits per heavy atom. The molecule has 0 saturated heterocycles. The molecule has 80 heavy (non-hydrogen) atoms. The largest absolute Gasteiger partial charge is 3.00 e. The Kier molecular flexibility index (Phi) is 276. The Morgan fingerprint density at radius 2 is 0.212 bits per heavy atom. The average Bonchev–Trinajstić information content (AvgIpc) is 3.05. The van der Waals surface area contributed by atoms with E-state index in [4.69, 9.17) is 200 Å². The molecule has 0 bridgehead atoms. The molecule has 0 aromatic heterocycles. The van der Waals surface area contributed by atoms with E-state index in [-0.39, 0.29) is 104 Å². The van der Waals surface area contributed by atoms with Gasteiger partial charge in [-0.25, -0.2) is 0 Å². The van der Waals surface area contributed by atoms with Crippen LogP contribution in [0.3, 0.4) is 0 Å². The number of hydrogen-bond acceptors (Lipinski definition) is 39. The number of carbonyl (C=O) groups is 15. The maximum absolute atomic E-state index is 8.89. The number of carbonyl (C=O) groups excluding carboxylic acids is 15. The summed E-state index contributed by atoms with van der Waals surface area (Å²) in [6.07, 6.45) is -1.01.